The first-order valence-corrected chi connectivity index (χ1v) is 6.03. The zero-order chi connectivity index (χ0) is 13.0. The standard InChI is InChI=1S/C12H15ClN4O/c1-17-7-10(15-16-17)8-18-12-3-2-9(4-5-14)6-11(12)13/h2-3,6-7H,4-5,8,14H2,1H3. The van der Waals surface area contributed by atoms with Gasteiger partial charge >= 0.3 is 0 Å². The molecule has 1 heterocycles. The molecule has 0 amide bonds. The molecule has 96 valence electrons. The first-order valence-electron chi connectivity index (χ1n) is 5.65. The van der Waals surface area contributed by atoms with Gasteiger partial charge in [0.15, 0.2) is 0 Å². The van der Waals surface area contributed by atoms with Crippen LogP contribution in [0.4, 0.5) is 0 Å². The van der Waals surface area contributed by atoms with Crippen molar-refractivity contribution in [2.75, 3.05) is 6.54 Å². The topological polar surface area (TPSA) is 66.0 Å². The maximum atomic E-state index is 6.13. The number of nitrogens with zero attached hydrogens (tertiary/aromatic N) is 3. The predicted molar refractivity (Wildman–Crippen MR) is 69.5 cm³/mol. The molecule has 2 aromatic rings. The summed E-state index contributed by atoms with van der Waals surface area (Å²) in [5, 5.41) is 8.35. The van der Waals surface area contributed by atoms with Crippen LogP contribution < -0.4 is 10.5 Å². The van der Waals surface area contributed by atoms with Gasteiger partial charge < -0.3 is 10.5 Å². The summed E-state index contributed by atoms with van der Waals surface area (Å²) >= 11 is 6.13. The quantitative estimate of drug-likeness (QED) is 0.892. The van der Waals surface area contributed by atoms with Crippen LogP contribution in [0.5, 0.6) is 5.75 Å². The average Bonchev–Trinajstić information content (AvgIpc) is 2.74. The van der Waals surface area contributed by atoms with Crippen LogP contribution in [0.3, 0.4) is 0 Å². The summed E-state index contributed by atoms with van der Waals surface area (Å²) in [5.74, 6) is 0.642. The van der Waals surface area contributed by atoms with E-state index in [-0.39, 0.29) is 0 Å². The largest absolute Gasteiger partial charge is 0.486 e. The predicted octanol–water partition coefficient (Wildman–Crippen LogP) is 1.55. The number of rotatable bonds is 5. The third-order valence-electron chi connectivity index (χ3n) is 2.45. The van der Waals surface area contributed by atoms with E-state index < -0.39 is 0 Å². The molecule has 0 aliphatic carbocycles. The first kappa shape index (κ1) is 12.9. The fourth-order valence-corrected chi connectivity index (χ4v) is 1.85. The normalized spacial score (nSPS) is 10.6. The Bertz CT molecular complexity index is 527. The molecule has 0 saturated carbocycles. The monoisotopic (exact) mass is 266 g/mol. The zero-order valence-corrected chi connectivity index (χ0v) is 10.9. The lowest BCUT2D eigenvalue weighted by Crippen LogP contribution is -2.03. The highest BCUT2D eigenvalue weighted by Crippen LogP contribution is 2.26. The van der Waals surface area contributed by atoms with Crippen molar-refractivity contribution >= 4 is 11.6 Å². The Kier molecular flexibility index (Phi) is 4.17. The molecule has 0 aliphatic heterocycles. The summed E-state index contributed by atoms with van der Waals surface area (Å²) in [4.78, 5) is 0. The number of nitrogens with two attached hydrogens (primary N) is 1. The molecule has 18 heavy (non-hydrogen) atoms. The van der Waals surface area contributed by atoms with Gasteiger partial charge in [0.25, 0.3) is 0 Å². The van der Waals surface area contributed by atoms with Crippen LogP contribution in [0.2, 0.25) is 5.02 Å². The highest BCUT2D eigenvalue weighted by Gasteiger charge is 2.05. The summed E-state index contributed by atoms with van der Waals surface area (Å²) in [6.45, 7) is 0.958. The molecule has 0 atom stereocenters. The molecule has 5 nitrogen and oxygen atoms in total. The van der Waals surface area contributed by atoms with E-state index in [0.717, 1.165) is 17.7 Å². The highest BCUT2D eigenvalue weighted by molar-refractivity contribution is 6.32. The second-order valence-corrected chi connectivity index (χ2v) is 4.38. The van der Waals surface area contributed by atoms with E-state index >= 15 is 0 Å². The minimum absolute atomic E-state index is 0.351. The third kappa shape index (κ3) is 3.21. The van der Waals surface area contributed by atoms with Gasteiger partial charge in [-0.2, -0.15) is 0 Å². The summed E-state index contributed by atoms with van der Waals surface area (Å²) in [6, 6.07) is 5.69. The molecule has 0 saturated heterocycles. The second-order valence-electron chi connectivity index (χ2n) is 3.98. The van der Waals surface area contributed by atoms with E-state index in [1.165, 1.54) is 0 Å². The molecule has 2 rings (SSSR count). The first-order chi connectivity index (χ1) is 8.69. The summed E-state index contributed by atoms with van der Waals surface area (Å²) in [7, 11) is 1.81. The lowest BCUT2D eigenvalue weighted by Gasteiger charge is -2.07. The van der Waals surface area contributed by atoms with Gasteiger partial charge in [0.1, 0.15) is 18.1 Å². The Labute approximate surface area is 111 Å². The molecule has 0 spiro atoms. The molecule has 0 fully saturated rings. The van der Waals surface area contributed by atoms with Crippen molar-refractivity contribution < 1.29 is 4.74 Å². The SMILES string of the molecule is Cn1cc(COc2ccc(CCN)cc2Cl)nn1. The van der Waals surface area contributed by atoms with E-state index in [4.69, 9.17) is 22.1 Å². The van der Waals surface area contributed by atoms with Crippen molar-refractivity contribution in [3.8, 4) is 5.75 Å². The van der Waals surface area contributed by atoms with Crippen molar-refractivity contribution in [1.82, 2.24) is 15.0 Å². The number of hydrogen-bond acceptors (Lipinski definition) is 4. The molecule has 1 aromatic heterocycles. The van der Waals surface area contributed by atoms with E-state index in [0.29, 0.717) is 23.9 Å². The zero-order valence-electron chi connectivity index (χ0n) is 10.1. The Balaban J connectivity index is 2.01. The Morgan fingerprint density at radius 3 is 2.89 bits per heavy atom. The fourth-order valence-electron chi connectivity index (χ4n) is 1.60. The second kappa shape index (κ2) is 5.84. The molecular weight excluding hydrogens is 252 g/mol. The van der Waals surface area contributed by atoms with E-state index in [1.807, 2.05) is 25.2 Å². The van der Waals surface area contributed by atoms with Gasteiger partial charge in [-0.3, -0.25) is 4.68 Å². The van der Waals surface area contributed by atoms with Crippen LogP contribution in [0.1, 0.15) is 11.3 Å². The van der Waals surface area contributed by atoms with Crippen molar-refractivity contribution in [1.29, 1.82) is 0 Å². The molecule has 0 radical (unpaired) electrons. The molecule has 2 N–H and O–H groups in total. The number of aromatic nitrogens is 3. The lowest BCUT2D eigenvalue weighted by atomic mass is 10.1. The Morgan fingerprint density at radius 1 is 1.44 bits per heavy atom. The van der Waals surface area contributed by atoms with Crippen molar-refractivity contribution in [3.05, 3.63) is 40.7 Å². The van der Waals surface area contributed by atoms with Crippen molar-refractivity contribution in [3.63, 3.8) is 0 Å². The maximum Gasteiger partial charge on any atom is 0.138 e. The van der Waals surface area contributed by atoms with Crippen LogP contribution in [-0.2, 0) is 20.1 Å². The Hall–Kier alpha value is -1.59. The highest BCUT2D eigenvalue weighted by atomic mass is 35.5. The smallest absolute Gasteiger partial charge is 0.138 e. The molecular formula is C12H15ClN4O. The van der Waals surface area contributed by atoms with Crippen LogP contribution in [0.25, 0.3) is 0 Å². The van der Waals surface area contributed by atoms with Crippen molar-refractivity contribution in [2.24, 2.45) is 12.8 Å². The van der Waals surface area contributed by atoms with Gasteiger partial charge in [0.05, 0.1) is 11.2 Å². The minimum atomic E-state index is 0.351. The van der Waals surface area contributed by atoms with E-state index in [2.05, 4.69) is 10.3 Å². The molecule has 0 aliphatic rings. The molecule has 1 aromatic carbocycles. The Morgan fingerprint density at radius 2 is 2.28 bits per heavy atom. The third-order valence-corrected chi connectivity index (χ3v) is 2.75. The van der Waals surface area contributed by atoms with Crippen molar-refractivity contribution in [2.45, 2.75) is 13.0 Å². The lowest BCUT2D eigenvalue weighted by molar-refractivity contribution is 0.301. The summed E-state index contributed by atoms with van der Waals surface area (Å²) in [5.41, 5.74) is 7.36. The molecule has 0 bridgehead atoms. The summed E-state index contributed by atoms with van der Waals surface area (Å²) in [6.07, 6.45) is 2.61. The van der Waals surface area contributed by atoms with Gasteiger partial charge in [0.2, 0.25) is 0 Å². The van der Waals surface area contributed by atoms with Gasteiger partial charge in [-0.15, -0.1) is 5.10 Å². The van der Waals surface area contributed by atoms with Crippen LogP contribution in [0.15, 0.2) is 24.4 Å². The minimum Gasteiger partial charge on any atom is -0.486 e. The number of ether oxygens (including phenoxy) is 1. The number of hydrogen-bond donors (Lipinski definition) is 1. The van der Waals surface area contributed by atoms with Crippen LogP contribution in [-0.4, -0.2) is 21.5 Å². The molecule has 0 unspecified atom stereocenters. The van der Waals surface area contributed by atoms with Crippen LogP contribution >= 0.6 is 11.6 Å². The summed E-state index contributed by atoms with van der Waals surface area (Å²) < 4.78 is 7.22. The van der Waals surface area contributed by atoms with Gasteiger partial charge in [-0.05, 0) is 30.7 Å². The number of halogens is 1. The van der Waals surface area contributed by atoms with E-state index in [9.17, 15) is 0 Å². The molecule has 6 heteroatoms. The van der Waals surface area contributed by atoms with Gasteiger partial charge in [0, 0.05) is 7.05 Å². The number of aryl methyl sites for hydroxylation is 1. The average molecular weight is 267 g/mol. The van der Waals surface area contributed by atoms with Gasteiger partial charge in [-0.1, -0.05) is 22.9 Å². The van der Waals surface area contributed by atoms with Crippen LogP contribution in [0, 0.1) is 0 Å². The fraction of sp³-hybridized carbons (Fsp3) is 0.333. The number of benzene rings is 1. The van der Waals surface area contributed by atoms with Gasteiger partial charge in [-0.25, -0.2) is 0 Å². The van der Waals surface area contributed by atoms with E-state index in [1.54, 1.807) is 10.9 Å². The maximum absolute atomic E-state index is 6.13.